The molecule has 3 aromatic rings. The maximum Gasteiger partial charge on any atom is 0.274 e. The van der Waals surface area contributed by atoms with Gasteiger partial charge < -0.3 is 10.6 Å². The SMILES string of the molecule is CCc1ccccc1Nc1cc(C(=O)Nc2ccccc2C)nc(C)n1. The van der Waals surface area contributed by atoms with E-state index in [1.54, 1.807) is 13.0 Å². The Kier molecular flexibility index (Phi) is 5.27. The minimum Gasteiger partial charge on any atom is -0.340 e. The molecule has 1 aromatic heterocycles. The normalized spacial score (nSPS) is 10.4. The molecule has 1 amide bonds. The molecule has 1 heterocycles. The molecule has 0 aliphatic rings. The second-order valence-corrected chi connectivity index (χ2v) is 6.09. The van der Waals surface area contributed by atoms with Gasteiger partial charge in [-0.15, -0.1) is 0 Å². The number of nitrogens with zero attached hydrogens (tertiary/aromatic N) is 2. The van der Waals surface area contributed by atoms with Crippen LogP contribution in [0.25, 0.3) is 0 Å². The highest BCUT2D eigenvalue weighted by molar-refractivity contribution is 6.03. The summed E-state index contributed by atoms with van der Waals surface area (Å²) < 4.78 is 0. The molecule has 0 aliphatic carbocycles. The average molecular weight is 346 g/mol. The fraction of sp³-hybridized carbons (Fsp3) is 0.190. The summed E-state index contributed by atoms with van der Waals surface area (Å²) >= 11 is 0. The van der Waals surface area contributed by atoms with Crippen LogP contribution in [0, 0.1) is 13.8 Å². The molecule has 0 aliphatic heterocycles. The molecule has 0 atom stereocenters. The summed E-state index contributed by atoms with van der Waals surface area (Å²) in [5.41, 5.74) is 4.28. The van der Waals surface area contributed by atoms with Crippen LogP contribution in [0.5, 0.6) is 0 Å². The minimum absolute atomic E-state index is 0.253. The number of amides is 1. The number of benzene rings is 2. The van der Waals surface area contributed by atoms with E-state index in [1.807, 2.05) is 49.4 Å². The van der Waals surface area contributed by atoms with Crippen LogP contribution in [0.15, 0.2) is 54.6 Å². The number of nitrogens with one attached hydrogen (secondary N) is 2. The van der Waals surface area contributed by atoms with Crippen molar-refractivity contribution in [3.8, 4) is 0 Å². The third-order valence-electron chi connectivity index (χ3n) is 4.12. The number of anilines is 3. The first-order valence-electron chi connectivity index (χ1n) is 8.64. The van der Waals surface area contributed by atoms with Crippen molar-refractivity contribution < 1.29 is 4.79 Å². The van der Waals surface area contributed by atoms with E-state index in [1.165, 1.54) is 5.56 Å². The smallest absolute Gasteiger partial charge is 0.274 e. The lowest BCUT2D eigenvalue weighted by molar-refractivity contribution is 0.102. The molecule has 5 nitrogen and oxygen atoms in total. The van der Waals surface area contributed by atoms with E-state index in [0.29, 0.717) is 17.3 Å². The summed E-state index contributed by atoms with van der Waals surface area (Å²) in [5.74, 6) is 0.892. The van der Waals surface area contributed by atoms with Gasteiger partial charge in [0, 0.05) is 17.4 Å². The largest absolute Gasteiger partial charge is 0.340 e. The molecule has 2 aromatic carbocycles. The summed E-state index contributed by atoms with van der Waals surface area (Å²) in [6.07, 6.45) is 0.911. The Hall–Kier alpha value is -3.21. The molecular weight excluding hydrogens is 324 g/mol. The fourth-order valence-electron chi connectivity index (χ4n) is 2.74. The summed E-state index contributed by atoms with van der Waals surface area (Å²) in [5, 5.41) is 6.21. The number of carbonyl (C=O) groups is 1. The lowest BCUT2D eigenvalue weighted by atomic mass is 10.1. The van der Waals surface area contributed by atoms with E-state index < -0.39 is 0 Å². The van der Waals surface area contributed by atoms with Gasteiger partial charge in [-0.05, 0) is 43.5 Å². The number of carbonyl (C=O) groups excluding carboxylic acids is 1. The molecule has 0 saturated heterocycles. The van der Waals surface area contributed by atoms with Gasteiger partial charge in [-0.2, -0.15) is 0 Å². The van der Waals surface area contributed by atoms with Crippen LogP contribution < -0.4 is 10.6 Å². The Morgan fingerprint density at radius 3 is 2.38 bits per heavy atom. The topological polar surface area (TPSA) is 66.9 Å². The fourth-order valence-corrected chi connectivity index (χ4v) is 2.74. The lowest BCUT2D eigenvalue weighted by Gasteiger charge is -2.12. The maximum atomic E-state index is 12.6. The van der Waals surface area contributed by atoms with Gasteiger partial charge in [0.2, 0.25) is 0 Å². The number of rotatable bonds is 5. The lowest BCUT2D eigenvalue weighted by Crippen LogP contribution is -2.16. The van der Waals surface area contributed by atoms with Crippen LogP contribution in [0.3, 0.4) is 0 Å². The molecule has 5 heteroatoms. The zero-order chi connectivity index (χ0) is 18.5. The number of para-hydroxylation sites is 2. The molecular formula is C21H22N4O. The van der Waals surface area contributed by atoms with E-state index in [0.717, 1.165) is 23.4 Å². The highest BCUT2D eigenvalue weighted by Crippen LogP contribution is 2.21. The van der Waals surface area contributed by atoms with Crippen LogP contribution in [-0.2, 0) is 6.42 Å². The van der Waals surface area contributed by atoms with Crippen molar-refractivity contribution in [2.45, 2.75) is 27.2 Å². The molecule has 132 valence electrons. The van der Waals surface area contributed by atoms with Crippen molar-refractivity contribution in [3.63, 3.8) is 0 Å². The van der Waals surface area contributed by atoms with Crippen molar-refractivity contribution in [3.05, 3.63) is 77.2 Å². The molecule has 0 fully saturated rings. The zero-order valence-electron chi connectivity index (χ0n) is 15.2. The molecule has 0 radical (unpaired) electrons. The van der Waals surface area contributed by atoms with Crippen molar-refractivity contribution >= 4 is 23.1 Å². The van der Waals surface area contributed by atoms with E-state index in [9.17, 15) is 4.79 Å². The van der Waals surface area contributed by atoms with Crippen LogP contribution in [0.1, 0.15) is 34.4 Å². The quantitative estimate of drug-likeness (QED) is 0.705. The van der Waals surface area contributed by atoms with Gasteiger partial charge in [-0.25, -0.2) is 9.97 Å². The summed E-state index contributed by atoms with van der Waals surface area (Å²) in [6, 6.07) is 17.4. The van der Waals surface area contributed by atoms with Gasteiger partial charge in [0.1, 0.15) is 17.3 Å². The molecule has 0 bridgehead atoms. The number of hydrogen-bond donors (Lipinski definition) is 2. The van der Waals surface area contributed by atoms with Crippen molar-refractivity contribution in [2.75, 3.05) is 10.6 Å². The number of hydrogen-bond acceptors (Lipinski definition) is 4. The van der Waals surface area contributed by atoms with Gasteiger partial charge >= 0.3 is 0 Å². The molecule has 26 heavy (non-hydrogen) atoms. The maximum absolute atomic E-state index is 12.6. The summed E-state index contributed by atoms with van der Waals surface area (Å²) in [6.45, 7) is 5.84. The van der Waals surface area contributed by atoms with Crippen LogP contribution in [0.4, 0.5) is 17.2 Å². The van der Waals surface area contributed by atoms with E-state index in [-0.39, 0.29) is 5.91 Å². The molecule has 0 unspecified atom stereocenters. The molecule has 3 rings (SSSR count). The Morgan fingerprint density at radius 2 is 1.65 bits per heavy atom. The second kappa shape index (κ2) is 7.78. The average Bonchev–Trinajstić information content (AvgIpc) is 2.63. The summed E-state index contributed by atoms with van der Waals surface area (Å²) in [7, 11) is 0. The van der Waals surface area contributed by atoms with Gasteiger partial charge in [-0.1, -0.05) is 43.3 Å². The van der Waals surface area contributed by atoms with Crippen molar-refractivity contribution in [1.82, 2.24) is 9.97 Å². The Bertz CT molecular complexity index is 937. The van der Waals surface area contributed by atoms with Gasteiger partial charge in [0.05, 0.1) is 0 Å². The Morgan fingerprint density at radius 1 is 0.962 bits per heavy atom. The molecule has 2 N–H and O–H groups in total. The minimum atomic E-state index is -0.253. The highest BCUT2D eigenvalue weighted by Gasteiger charge is 2.12. The highest BCUT2D eigenvalue weighted by atomic mass is 16.1. The Balaban J connectivity index is 1.85. The van der Waals surface area contributed by atoms with Crippen LogP contribution >= 0.6 is 0 Å². The number of aromatic nitrogens is 2. The molecule has 0 saturated carbocycles. The van der Waals surface area contributed by atoms with Crippen LogP contribution in [0.2, 0.25) is 0 Å². The predicted octanol–water partition coefficient (Wildman–Crippen LogP) is 4.65. The van der Waals surface area contributed by atoms with Crippen LogP contribution in [-0.4, -0.2) is 15.9 Å². The molecule has 0 spiro atoms. The van der Waals surface area contributed by atoms with Crippen molar-refractivity contribution in [2.24, 2.45) is 0 Å². The zero-order valence-corrected chi connectivity index (χ0v) is 15.2. The van der Waals surface area contributed by atoms with E-state index in [2.05, 4.69) is 33.6 Å². The third kappa shape index (κ3) is 4.06. The van der Waals surface area contributed by atoms with Gasteiger partial charge in [0.15, 0.2) is 0 Å². The first kappa shape index (κ1) is 17.6. The van der Waals surface area contributed by atoms with Gasteiger partial charge in [-0.3, -0.25) is 4.79 Å². The first-order valence-corrected chi connectivity index (χ1v) is 8.64. The first-order chi connectivity index (χ1) is 12.6. The Labute approximate surface area is 153 Å². The standard InChI is InChI=1S/C21H22N4O/c1-4-16-10-6-8-12-18(16)24-20-13-19(22-15(3)23-20)21(26)25-17-11-7-5-9-14(17)2/h5-13H,4H2,1-3H3,(H,25,26)(H,22,23,24). The summed E-state index contributed by atoms with van der Waals surface area (Å²) in [4.78, 5) is 21.3. The van der Waals surface area contributed by atoms with E-state index in [4.69, 9.17) is 0 Å². The van der Waals surface area contributed by atoms with Gasteiger partial charge in [0.25, 0.3) is 5.91 Å². The monoisotopic (exact) mass is 346 g/mol. The predicted molar refractivity (Wildman–Crippen MR) is 105 cm³/mol. The van der Waals surface area contributed by atoms with E-state index >= 15 is 0 Å². The second-order valence-electron chi connectivity index (χ2n) is 6.09. The van der Waals surface area contributed by atoms with Crippen molar-refractivity contribution in [1.29, 1.82) is 0 Å². The number of aryl methyl sites for hydroxylation is 3. The third-order valence-corrected chi connectivity index (χ3v) is 4.12.